The second-order valence-corrected chi connectivity index (χ2v) is 6.45. The molecule has 3 nitrogen and oxygen atoms in total. The van der Waals surface area contributed by atoms with Gasteiger partial charge in [-0.3, -0.25) is 0 Å². The molecule has 0 aliphatic carbocycles. The average Bonchev–Trinajstić information content (AvgIpc) is 2.37. The van der Waals surface area contributed by atoms with Crippen molar-refractivity contribution in [3.63, 3.8) is 0 Å². The Balaban J connectivity index is 2.00. The maximum absolute atomic E-state index is 5.72. The molecule has 0 radical (unpaired) electrons. The number of hydrogen-bond donors (Lipinski definition) is 1. The maximum atomic E-state index is 5.72. The van der Waals surface area contributed by atoms with Crippen LogP contribution in [0.25, 0.3) is 0 Å². The Morgan fingerprint density at radius 1 is 1.47 bits per heavy atom. The first kappa shape index (κ1) is 14.8. The van der Waals surface area contributed by atoms with Crippen molar-refractivity contribution in [3.8, 4) is 5.75 Å². The predicted molar refractivity (Wildman–Crippen MR) is 82.8 cm³/mol. The van der Waals surface area contributed by atoms with Crippen molar-refractivity contribution < 1.29 is 4.74 Å². The number of nitrogens with one attached hydrogen (secondary N) is 1. The molecule has 2 rings (SSSR count). The molecule has 1 aliphatic rings. The number of nitrogens with zero attached hydrogens (tertiary/aromatic N) is 1. The van der Waals surface area contributed by atoms with Crippen LogP contribution in [0.5, 0.6) is 5.75 Å². The van der Waals surface area contributed by atoms with E-state index in [2.05, 4.69) is 59.3 Å². The van der Waals surface area contributed by atoms with Crippen LogP contribution >= 0.6 is 15.9 Å². The van der Waals surface area contributed by atoms with Crippen molar-refractivity contribution in [1.29, 1.82) is 0 Å². The van der Waals surface area contributed by atoms with Crippen LogP contribution in [0, 0.1) is 0 Å². The van der Waals surface area contributed by atoms with Gasteiger partial charge in [0.2, 0.25) is 0 Å². The lowest BCUT2D eigenvalue weighted by atomic mass is 9.99. The van der Waals surface area contributed by atoms with Crippen LogP contribution in [0.15, 0.2) is 22.7 Å². The highest BCUT2D eigenvalue weighted by atomic mass is 79.9. The van der Waals surface area contributed by atoms with E-state index in [1.807, 2.05) is 6.07 Å². The third kappa shape index (κ3) is 4.20. The number of halogens is 1. The number of rotatable bonds is 5. The minimum absolute atomic E-state index is 0.401. The Morgan fingerprint density at radius 3 is 3.00 bits per heavy atom. The molecule has 1 aromatic carbocycles. The molecular weight excluding hydrogens is 304 g/mol. The summed E-state index contributed by atoms with van der Waals surface area (Å²) in [6, 6.07) is 7.18. The monoisotopic (exact) mass is 326 g/mol. The molecule has 1 heterocycles. The third-order valence-electron chi connectivity index (χ3n) is 3.51. The summed E-state index contributed by atoms with van der Waals surface area (Å²) in [6.45, 7) is 4.17. The summed E-state index contributed by atoms with van der Waals surface area (Å²) in [7, 11) is 4.24. The predicted octanol–water partition coefficient (Wildman–Crippen LogP) is 3.20. The fourth-order valence-electron chi connectivity index (χ4n) is 2.42. The molecule has 0 saturated heterocycles. The minimum Gasteiger partial charge on any atom is -0.493 e. The van der Waals surface area contributed by atoms with E-state index in [0.29, 0.717) is 12.1 Å². The normalized spacial score (nSPS) is 19.9. The van der Waals surface area contributed by atoms with Crippen molar-refractivity contribution in [1.82, 2.24) is 10.2 Å². The Labute approximate surface area is 124 Å². The lowest BCUT2D eigenvalue weighted by Gasteiger charge is -2.30. The van der Waals surface area contributed by atoms with Gasteiger partial charge in [0, 0.05) is 28.5 Å². The number of fused-ring (bicyclic) bond motifs is 1. The maximum Gasteiger partial charge on any atom is 0.124 e. The summed E-state index contributed by atoms with van der Waals surface area (Å²) in [5.41, 5.74) is 1.28. The lowest BCUT2D eigenvalue weighted by molar-refractivity contribution is 0.241. The van der Waals surface area contributed by atoms with Crippen LogP contribution in [-0.2, 0) is 0 Å². The molecule has 106 valence electrons. The molecule has 1 N–H and O–H groups in total. The summed E-state index contributed by atoms with van der Waals surface area (Å²) in [5.74, 6) is 1.02. The summed E-state index contributed by atoms with van der Waals surface area (Å²) in [5, 5.41) is 3.73. The molecule has 0 spiro atoms. The van der Waals surface area contributed by atoms with Gasteiger partial charge in [-0.25, -0.2) is 0 Å². The van der Waals surface area contributed by atoms with Gasteiger partial charge in [-0.1, -0.05) is 15.9 Å². The Bertz CT molecular complexity index is 423. The number of ether oxygens (including phenoxy) is 1. The van der Waals surface area contributed by atoms with E-state index in [4.69, 9.17) is 4.74 Å². The first-order chi connectivity index (χ1) is 9.06. The van der Waals surface area contributed by atoms with Gasteiger partial charge in [-0.15, -0.1) is 0 Å². The fraction of sp³-hybridized carbons (Fsp3) is 0.600. The summed E-state index contributed by atoms with van der Waals surface area (Å²) in [6.07, 6.45) is 2.20. The zero-order valence-electron chi connectivity index (χ0n) is 11.9. The van der Waals surface area contributed by atoms with Crippen molar-refractivity contribution >= 4 is 15.9 Å². The third-order valence-corrected chi connectivity index (χ3v) is 4.00. The largest absolute Gasteiger partial charge is 0.493 e. The zero-order valence-corrected chi connectivity index (χ0v) is 13.5. The van der Waals surface area contributed by atoms with Gasteiger partial charge >= 0.3 is 0 Å². The minimum atomic E-state index is 0.401. The molecule has 0 bridgehead atoms. The summed E-state index contributed by atoms with van der Waals surface area (Å²) >= 11 is 3.54. The molecule has 1 aromatic rings. The van der Waals surface area contributed by atoms with E-state index < -0.39 is 0 Å². The molecule has 19 heavy (non-hydrogen) atoms. The van der Waals surface area contributed by atoms with Crippen LogP contribution in [-0.4, -0.2) is 38.2 Å². The molecule has 2 unspecified atom stereocenters. The second-order valence-electron chi connectivity index (χ2n) is 5.53. The molecule has 1 aliphatic heterocycles. The van der Waals surface area contributed by atoms with Gasteiger partial charge in [-0.2, -0.15) is 0 Å². The molecule has 0 amide bonds. The van der Waals surface area contributed by atoms with Gasteiger partial charge in [0.15, 0.2) is 0 Å². The molecule has 0 aromatic heterocycles. The van der Waals surface area contributed by atoms with Crippen LogP contribution in [0.1, 0.15) is 31.4 Å². The molecular formula is C15H23BrN2O. The Morgan fingerprint density at radius 2 is 2.26 bits per heavy atom. The topological polar surface area (TPSA) is 24.5 Å². The Hall–Kier alpha value is -0.580. The standard InChI is InChI=1S/C15H23BrN2O/c1-11(6-8-18(2)3)17-14-7-9-19-15-5-4-12(16)10-13(14)15/h4-5,10-11,14,17H,6-9H2,1-3H3. The highest BCUT2D eigenvalue weighted by Crippen LogP contribution is 2.34. The SMILES string of the molecule is CC(CCN(C)C)NC1CCOc2ccc(Br)cc21. The van der Waals surface area contributed by atoms with E-state index in [9.17, 15) is 0 Å². The quantitative estimate of drug-likeness (QED) is 0.899. The second kappa shape index (κ2) is 6.73. The van der Waals surface area contributed by atoms with Crippen LogP contribution in [0.3, 0.4) is 0 Å². The molecule has 4 heteroatoms. The fourth-order valence-corrected chi connectivity index (χ4v) is 2.80. The summed E-state index contributed by atoms with van der Waals surface area (Å²) in [4.78, 5) is 2.23. The molecule has 2 atom stereocenters. The van der Waals surface area contributed by atoms with Gasteiger partial charge in [-0.05, 0) is 52.2 Å². The number of hydrogen-bond acceptors (Lipinski definition) is 3. The molecule has 0 fully saturated rings. The highest BCUT2D eigenvalue weighted by molar-refractivity contribution is 9.10. The van der Waals surface area contributed by atoms with Gasteiger partial charge < -0.3 is 15.0 Å². The average molecular weight is 327 g/mol. The van der Waals surface area contributed by atoms with Crippen molar-refractivity contribution in [2.75, 3.05) is 27.2 Å². The van der Waals surface area contributed by atoms with E-state index >= 15 is 0 Å². The van der Waals surface area contributed by atoms with Crippen molar-refractivity contribution in [3.05, 3.63) is 28.2 Å². The van der Waals surface area contributed by atoms with Gasteiger partial charge in [0.05, 0.1) is 6.61 Å². The zero-order chi connectivity index (χ0) is 13.8. The van der Waals surface area contributed by atoms with E-state index in [0.717, 1.165) is 36.2 Å². The van der Waals surface area contributed by atoms with Gasteiger partial charge in [0.1, 0.15) is 5.75 Å². The van der Waals surface area contributed by atoms with Crippen LogP contribution < -0.4 is 10.1 Å². The first-order valence-electron chi connectivity index (χ1n) is 6.89. The van der Waals surface area contributed by atoms with Gasteiger partial charge in [0.25, 0.3) is 0 Å². The summed E-state index contributed by atoms with van der Waals surface area (Å²) < 4.78 is 6.83. The lowest BCUT2D eigenvalue weighted by Crippen LogP contribution is -2.35. The van der Waals surface area contributed by atoms with E-state index in [-0.39, 0.29) is 0 Å². The van der Waals surface area contributed by atoms with Crippen LogP contribution in [0.4, 0.5) is 0 Å². The van der Waals surface area contributed by atoms with Crippen LogP contribution in [0.2, 0.25) is 0 Å². The smallest absolute Gasteiger partial charge is 0.124 e. The van der Waals surface area contributed by atoms with Crippen molar-refractivity contribution in [2.24, 2.45) is 0 Å². The number of benzene rings is 1. The van der Waals surface area contributed by atoms with E-state index in [1.54, 1.807) is 0 Å². The highest BCUT2D eigenvalue weighted by Gasteiger charge is 2.22. The van der Waals surface area contributed by atoms with E-state index in [1.165, 1.54) is 5.56 Å². The first-order valence-corrected chi connectivity index (χ1v) is 7.68. The molecule has 0 saturated carbocycles. The Kier molecular flexibility index (Phi) is 5.25. The van der Waals surface area contributed by atoms with Crippen molar-refractivity contribution in [2.45, 2.75) is 31.8 Å².